The minimum absolute atomic E-state index is 0.130. The van der Waals surface area contributed by atoms with Gasteiger partial charge in [-0.05, 0) is 56.8 Å². The predicted octanol–water partition coefficient (Wildman–Crippen LogP) is 3.80. The smallest absolute Gasteiger partial charge is 0.247 e. The molecule has 0 heterocycles. The maximum Gasteiger partial charge on any atom is 0.247 e. The maximum absolute atomic E-state index is 13.6. The van der Waals surface area contributed by atoms with Crippen molar-refractivity contribution in [3.8, 4) is 0 Å². The first-order valence-electron chi connectivity index (χ1n) is 13.0. The molecule has 37 heavy (non-hydrogen) atoms. The van der Waals surface area contributed by atoms with Gasteiger partial charge in [0.2, 0.25) is 17.7 Å². The highest BCUT2D eigenvalue weighted by molar-refractivity contribution is 5.88. The van der Waals surface area contributed by atoms with E-state index in [1.165, 1.54) is 5.01 Å². The number of amides is 3. The van der Waals surface area contributed by atoms with Gasteiger partial charge in [0, 0.05) is 13.0 Å². The summed E-state index contributed by atoms with van der Waals surface area (Å²) in [5.41, 5.74) is 6.63. The number of hydrogen-bond donors (Lipinski definition) is 3. The molecule has 0 fully saturated rings. The summed E-state index contributed by atoms with van der Waals surface area (Å²) in [5, 5.41) is 10.8. The Bertz CT molecular complexity index is 966. The van der Waals surface area contributed by atoms with Gasteiger partial charge in [0.1, 0.15) is 0 Å². The fourth-order valence-corrected chi connectivity index (χ4v) is 4.36. The molecule has 0 radical (unpaired) electrons. The molecule has 8 heteroatoms. The summed E-state index contributed by atoms with van der Waals surface area (Å²) in [6.07, 6.45) is 2.56. The third-order valence-electron chi connectivity index (χ3n) is 6.32. The fourth-order valence-electron chi connectivity index (χ4n) is 4.36. The van der Waals surface area contributed by atoms with Gasteiger partial charge >= 0.3 is 0 Å². The maximum atomic E-state index is 13.6. The SMILES string of the molecule is CC(C)C[C@@H](C(=O)NN(Cc1ccccc1)C(=O)CCN(C)C)C(CCCc1ccccc1)C(=O)NO. The molecular formula is C29H42N4O4. The predicted molar refractivity (Wildman–Crippen MR) is 144 cm³/mol. The molecule has 0 saturated heterocycles. The second kappa shape index (κ2) is 15.8. The van der Waals surface area contributed by atoms with Gasteiger partial charge in [0.05, 0.1) is 18.4 Å². The van der Waals surface area contributed by atoms with Gasteiger partial charge in [0.15, 0.2) is 0 Å². The van der Waals surface area contributed by atoms with E-state index in [0.717, 1.165) is 17.5 Å². The lowest BCUT2D eigenvalue weighted by molar-refractivity contribution is -0.148. The van der Waals surface area contributed by atoms with E-state index in [-0.39, 0.29) is 24.8 Å². The Hall–Kier alpha value is -3.23. The Morgan fingerprint density at radius 2 is 1.46 bits per heavy atom. The second-order valence-electron chi connectivity index (χ2n) is 10.2. The van der Waals surface area contributed by atoms with E-state index in [4.69, 9.17) is 0 Å². The zero-order valence-electron chi connectivity index (χ0n) is 22.5. The fraction of sp³-hybridized carbons (Fsp3) is 0.483. The molecule has 0 bridgehead atoms. The van der Waals surface area contributed by atoms with E-state index in [2.05, 4.69) is 5.43 Å². The number of carbonyl (C=O) groups is 3. The van der Waals surface area contributed by atoms with E-state index < -0.39 is 23.7 Å². The molecule has 2 aromatic carbocycles. The molecule has 1 unspecified atom stereocenters. The van der Waals surface area contributed by atoms with Crippen molar-refractivity contribution in [1.29, 1.82) is 0 Å². The van der Waals surface area contributed by atoms with Crippen molar-refractivity contribution in [3.05, 3.63) is 71.8 Å². The molecule has 8 nitrogen and oxygen atoms in total. The Balaban J connectivity index is 2.22. The van der Waals surface area contributed by atoms with Crippen LogP contribution in [0.3, 0.4) is 0 Å². The van der Waals surface area contributed by atoms with Crippen LogP contribution in [0.25, 0.3) is 0 Å². The first-order valence-corrected chi connectivity index (χ1v) is 13.0. The van der Waals surface area contributed by atoms with E-state index >= 15 is 0 Å². The van der Waals surface area contributed by atoms with Crippen molar-refractivity contribution in [3.63, 3.8) is 0 Å². The molecule has 0 saturated carbocycles. The normalized spacial score (nSPS) is 12.7. The molecular weight excluding hydrogens is 468 g/mol. The highest BCUT2D eigenvalue weighted by Gasteiger charge is 2.35. The summed E-state index contributed by atoms with van der Waals surface area (Å²) in [7, 11) is 3.78. The van der Waals surface area contributed by atoms with Gasteiger partial charge in [0.25, 0.3) is 0 Å². The molecule has 0 spiro atoms. The lowest BCUT2D eigenvalue weighted by atomic mass is 9.81. The molecule has 2 aromatic rings. The summed E-state index contributed by atoms with van der Waals surface area (Å²) in [6.45, 7) is 4.74. The molecule has 0 aliphatic rings. The number of rotatable bonds is 14. The summed E-state index contributed by atoms with van der Waals surface area (Å²) < 4.78 is 0. The zero-order valence-corrected chi connectivity index (χ0v) is 22.5. The van der Waals surface area contributed by atoms with Crippen LogP contribution in [-0.2, 0) is 27.3 Å². The summed E-state index contributed by atoms with van der Waals surface area (Å²) >= 11 is 0. The zero-order chi connectivity index (χ0) is 27.2. The van der Waals surface area contributed by atoms with Gasteiger partial charge in [-0.25, -0.2) is 10.5 Å². The van der Waals surface area contributed by atoms with Gasteiger partial charge < -0.3 is 4.90 Å². The lowest BCUT2D eigenvalue weighted by Gasteiger charge is -2.30. The van der Waals surface area contributed by atoms with E-state index in [9.17, 15) is 19.6 Å². The van der Waals surface area contributed by atoms with Crippen molar-refractivity contribution in [1.82, 2.24) is 20.8 Å². The monoisotopic (exact) mass is 510 g/mol. The Kier molecular flexibility index (Phi) is 12.8. The third-order valence-corrected chi connectivity index (χ3v) is 6.32. The van der Waals surface area contributed by atoms with Crippen LogP contribution >= 0.6 is 0 Å². The number of nitrogens with zero attached hydrogens (tertiary/aromatic N) is 2. The Labute approximate surface area is 221 Å². The van der Waals surface area contributed by atoms with Crippen LogP contribution in [0.5, 0.6) is 0 Å². The molecule has 3 amide bonds. The summed E-state index contributed by atoms with van der Waals surface area (Å²) in [6, 6.07) is 19.4. The first-order chi connectivity index (χ1) is 17.7. The minimum Gasteiger partial charge on any atom is -0.309 e. The summed E-state index contributed by atoms with van der Waals surface area (Å²) in [5.74, 6) is -2.49. The van der Waals surface area contributed by atoms with Crippen LogP contribution in [0.2, 0.25) is 0 Å². The van der Waals surface area contributed by atoms with Gasteiger partial charge in [-0.2, -0.15) is 0 Å². The standard InChI is InChI=1S/C29H42N4O4/c1-22(2)20-26(25(29(36)31-37)17-11-16-23-12-7-5-8-13-23)28(35)30-33(27(34)18-19-32(3)4)21-24-14-9-6-10-15-24/h5-10,12-15,22,25-26,37H,11,16-21H2,1-4H3,(H,30,35)(H,31,36)/t25?,26-/m1/s1. The highest BCUT2D eigenvalue weighted by Crippen LogP contribution is 2.27. The van der Waals surface area contributed by atoms with E-state index in [1.807, 2.05) is 93.5 Å². The Morgan fingerprint density at radius 1 is 0.865 bits per heavy atom. The number of hydrazine groups is 1. The highest BCUT2D eigenvalue weighted by atomic mass is 16.5. The van der Waals surface area contributed by atoms with Crippen LogP contribution < -0.4 is 10.9 Å². The van der Waals surface area contributed by atoms with Crippen molar-refractivity contribution in [2.45, 2.75) is 52.5 Å². The first kappa shape index (κ1) is 30.0. The van der Waals surface area contributed by atoms with Gasteiger partial charge in [-0.1, -0.05) is 74.5 Å². The lowest BCUT2D eigenvalue weighted by Crippen LogP contribution is -2.51. The minimum atomic E-state index is -0.730. The number of nitrogens with one attached hydrogen (secondary N) is 2. The van der Waals surface area contributed by atoms with Crippen molar-refractivity contribution < 1.29 is 19.6 Å². The van der Waals surface area contributed by atoms with Crippen LogP contribution in [-0.4, -0.2) is 53.5 Å². The van der Waals surface area contributed by atoms with Gasteiger partial charge in [-0.15, -0.1) is 0 Å². The van der Waals surface area contributed by atoms with E-state index in [0.29, 0.717) is 25.8 Å². The molecule has 0 aromatic heterocycles. The summed E-state index contributed by atoms with van der Waals surface area (Å²) in [4.78, 5) is 41.4. The molecule has 2 atom stereocenters. The molecule has 3 N–H and O–H groups in total. The Morgan fingerprint density at radius 3 is 2.00 bits per heavy atom. The van der Waals surface area contributed by atoms with Crippen molar-refractivity contribution in [2.24, 2.45) is 17.8 Å². The second-order valence-corrected chi connectivity index (χ2v) is 10.2. The van der Waals surface area contributed by atoms with Crippen LogP contribution in [0, 0.1) is 17.8 Å². The van der Waals surface area contributed by atoms with E-state index in [1.54, 1.807) is 5.48 Å². The van der Waals surface area contributed by atoms with Crippen LogP contribution in [0.4, 0.5) is 0 Å². The third kappa shape index (κ3) is 10.7. The molecule has 202 valence electrons. The topological polar surface area (TPSA) is 102 Å². The quantitative estimate of drug-likeness (QED) is 0.265. The number of aryl methyl sites for hydroxylation is 1. The van der Waals surface area contributed by atoms with Crippen molar-refractivity contribution in [2.75, 3.05) is 20.6 Å². The molecule has 0 aliphatic heterocycles. The molecule has 2 rings (SSSR count). The van der Waals surface area contributed by atoms with Crippen molar-refractivity contribution >= 4 is 17.7 Å². The average molecular weight is 511 g/mol. The number of hydrogen-bond acceptors (Lipinski definition) is 5. The molecule has 0 aliphatic carbocycles. The van der Waals surface area contributed by atoms with Gasteiger partial charge in [-0.3, -0.25) is 25.0 Å². The number of benzene rings is 2. The average Bonchev–Trinajstić information content (AvgIpc) is 2.88. The van der Waals surface area contributed by atoms with Crippen LogP contribution in [0.15, 0.2) is 60.7 Å². The largest absolute Gasteiger partial charge is 0.309 e. The number of hydroxylamine groups is 1. The van der Waals surface area contributed by atoms with Crippen LogP contribution in [0.1, 0.15) is 50.7 Å². The number of carbonyl (C=O) groups excluding carboxylic acids is 3.